The first-order valence-electron chi connectivity index (χ1n) is 6.43. The van der Waals surface area contributed by atoms with Crippen LogP contribution in [0.2, 0.25) is 0 Å². The number of rotatable bonds is 0. The Morgan fingerprint density at radius 2 is 1.15 bits per heavy atom. The van der Waals surface area contributed by atoms with Gasteiger partial charge < -0.3 is 5.73 Å². The fraction of sp³-hybridized carbons (Fsp3) is 0. The van der Waals surface area contributed by atoms with Crippen molar-refractivity contribution in [3.63, 3.8) is 0 Å². The summed E-state index contributed by atoms with van der Waals surface area (Å²) in [6, 6.07) is 23.2. The maximum atomic E-state index is 6.21. The molecule has 4 rings (SSSR count). The van der Waals surface area contributed by atoms with Crippen LogP contribution >= 0.6 is 12.4 Å². The molecule has 0 aliphatic heterocycles. The van der Waals surface area contributed by atoms with Gasteiger partial charge in [0.25, 0.3) is 0 Å². The summed E-state index contributed by atoms with van der Waals surface area (Å²) in [6.45, 7) is 0. The van der Waals surface area contributed by atoms with Crippen molar-refractivity contribution in [1.29, 1.82) is 0 Å². The summed E-state index contributed by atoms with van der Waals surface area (Å²) in [5, 5.41) is 7.38. The van der Waals surface area contributed by atoms with E-state index in [1.165, 1.54) is 26.9 Å². The summed E-state index contributed by atoms with van der Waals surface area (Å²) in [4.78, 5) is 0. The number of benzene rings is 4. The largest absolute Gasteiger partial charge is 0.398 e. The highest BCUT2D eigenvalue weighted by molar-refractivity contribution is 6.23. The maximum absolute atomic E-state index is 6.21. The van der Waals surface area contributed by atoms with E-state index in [1.807, 2.05) is 12.1 Å². The highest BCUT2D eigenvalue weighted by atomic mass is 35.5. The second kappa shape index (κ2) is 4.69. The second-order valence-electron chi connectivity index (χ2n) is 4.90. The smallest absolute Gasteiger partial charge is 0.0400 e. The summed E-state index contributed by atoms with van der Waals surface area (Å²) in [5.74, 6) is 0. The minimum Gasteiger partial charge on any atom is -0.398 e. The second-order valence-corrected chi connectivity index (χ2v) is 4.90. The van der Waals surface area contributed by atoms with Gasteiger partial charge in [-0.25, -0.2) is 0 Å². The number of nitrogens with two attached hydrogens (primary N) is 1. The standard InChI is InChI=1S/C18H13N.ClH/c19-16-7-3-5-13-10-11-14-9-8-12-4-1-2-6-15(12)17(14)18(13)16;/h1-11H,19H2;1H. The Balaban J connectivity index is 0.00000121. The van der Waals surface area contributed by atoms with Crippen LogP contribution in [0.5, 0.6) is 0 Å². The highest BCUT2D eigenvalue weighted by Crippen LogP contribution is 2.34. The molecule has 1 nitrogen and oxygen atoms in total. The van der Waals surface area contributed by atoms with Gasteiger partial charge in [0.05, 0.1) is 0 Å². The molecule has 0 aliphatic rings. The zero-order chi connectivity index (χ0) is 12.8. The number of halogens is 1. The normalized spacial score (nSPS) is 10.8. The van der Waals surface area contributed by atoms with E-state index < -0.39 is 0 Å². The van der Waals surface area contributed by atoms with Gasteiger partial charge in [-0.2, -0.15) is 0 Å². The molecule has 0 atom stereocenters. The van der Waals surface area contributed by atoms with Gasteiger partial charge in [-0.05, 0) is 33.0 Å². The Bertz CT molecular complexity index is 923. The van der Waals surface area contributed by atoms with Crippen LogP contribution in [0, 0.1) is 0 Å². The van der Waals surface area contributed by atoms with E-state index in [0.29, 0.717) is 0 Å². The van der Waals surface area contributed by atoms with E-state index in [9.17, 15) is 0 Å². The molecule has 0 saturated heterocycles. The van der Waals surface area contributed by atoms with E-state index in [4.69, 9.17) is 5.73 Å². The summed E-state index contributed by atoms with van der Waals surface area (Å²) >= 11 is 0. The minimum absolute atomic E-state index is 0. The molecule has 0 aliphatic carbocycles. The molecule has 2 heteroatoms. The summed E-state index contributed by atoms with van der Waals surface area (Å²) < 4.78 is 0. The molecule has 0 radical (unpaired) electrons. The fourth-order valence-electron chi connectivity index (χ4n) is 2.90. The van der Waals surface area contributed by atoms with Crippen molar-refractivity contribution in [3.8, 4) is 0 Å². The van der Waals surface area contributed by atoms with Crippen LogP contribution in [-0.2, 0) is 0 Å². The van der Waals surface area contributed by atoms with E-state index in [-0.39, 0.29) is 12.4 Å². The topological polar surface area (TPSA) is 26.0 Å². The Morgan fingerprint density at radius 3 is 1.95 bits per heavy atom. The monoisotopic (exact) mass is 279 g/mol. The van der Waals surface area contributed by atoms with Gasteiger partial charge >= 0.3 is 0 Å². The summed E-state index contributed by atoms with van der Waals surface area (Å²) in [7, 11) is 0. The average molecular weight is 280 g/mol. The lowest BCUT2D eigenvalue weighted by atomic mass is 9.96. The molecular formula is C18H14ClN. The van der Waals surface area contributed by atoms with Crippen molar-refractivity contribution in [2.75, 3.05) is 5.73 Å². The fourth-order valence-corrected chi connectivity index (χ4v) is 2.90. The molecule has 0 aromatic heterocycles. The van der Waals surface area contributed by atoms with E-state index in [2.05, 4.69) is 54.6 Å². The van der Waals surface area contributed by atoms with Crippen LogP contribution in [0.25, 0.3) is 32.3 Å². The van der Waals surface area contributed by atoms with Crippen molar-refractivity contribution in [2.24, 2.45) is 0 Å². The molecule has 4 aromatic carbocycles. The molecular weight excluding hydrogens is 266 g/mol. The van der Waals surface area contributed by atoms with Crippen LogP contribution in [0.1, 0.15) is 0 Å². The first kappa shape index (κ1) is 12.8. The first-order valence-corrected chi connectivity index (χ1v) is 6.43. The molecule has 0 spiro atoms. The molecule has 0 unspecified atom stereocenters. The van der Waals surface area contributed by atoms with Crippen molar-refractivity contribution < 1.29 is 0 Å². The van der Waals surface area contributed by atoms with Gasteiger partial charge in [-0.1, -0.05) is 60.7 Å². The van der Waals surface area contributed by atoms with Crippen LogP contribution in [-0.4, -0.2) is 0 Å². The van der Waals surface area contributed by atoms with Gasteiger partial charge in [-0.3, -0.25) is 0 Å². The quantitative estimate of drug-likeness (QED) is 0.350. The van der Waals surface area contributed by atoms with Gasteiger partial charge in [0.15, 0.2) is 0 Å². The molecule has 0 bridgehead atoms. The average Bonchev–Trinajstić information content (AvgIpc) is 2.47. The summed E-state index contributed by atoms with van der Waals surface area (Å²) in [5.41, 5.74) is 7.06. The van der Waals surface area contributed by atoms with E-state index in [0.717, 1.165) is 11.1 Å². The van der Waals surface area contributed by atoms with E-state index >= 15 is 0 Å². The Kier molecular flexibility index (Phi) is 3.00. The molecule has 0 heterocycles. The molecule has 4 aromatic rings. The minimum atomic E-state index is 0. The Labute approximate surface area is 123 Å². The number of nitrogen functional groups attached to an aromatic ring is 1. The first-order chi connectivity index (χ1) is 9.34. The number of hydrogen-bond acceptors (Lipinski definition) is 1. The van der Waals surface area contributed by atoms with Crippen molar-refractivity contribution in [2.45, 2.75) is 0 Å². The van der Waals surface area contributed by atoms with Crippen LogP contribution in [0.3, 0.4) is 0 Å². The van der Waals surface area contributed by atoms with Crippen LogP contribution < -0.4 is 5.73 Å². The third-order valence-electron chi connectivity index (χ3n) is 3.78. The van der Waals surface area contributed by atoms with Crippen molar-refractivity contribution in [1.82, 2.24) is 0 Å². The van der Waals surface area contributed by atoms with Crippen LogP contribution in [0.15, 0.2) is 66.7 Å². The van der Waals surface area contributed by atoms with Gasteiger partial charge in [0, 0.05) is 11.1 Å². The molecule has 2 N–H and O–H groups in total. The molecule has 0 fully saturated rings. The number of fused-ring (bicyclic) bond motifs is 5. The maximum Gasteiger partial charge on any atom is 0.0400 e. The molecule has 0 amide bonds. The summed E-state index contributed by atoms with van der Waals surface area (Å²) in [6.07, 6.45) is 0. The van der Waals surface area contributed by atoms with Crippen molar-refractivity contribution >= 4 is 50.4 Å². The van der Waals surface area contributed by atoms with Gasteiger partial charge in [-0.15, -0.1) is 12.4 Å². The number of hydrogen-bond donors (Lipinski definition) is 1. The lowest BCUT2D eigenvalue weighted by Gasteiger charge is -2.09. The van der Waals surface area contributed by atoms with E-state index in [1.54, 1.807) is 0 Å². The zero-order valence-electron chi connectivity index (χ0n) is 10.8. The zero-order valence-corrected chi connectivity index (χ0v) is 11.7. The lowest BCUT2D eigenvalue weighted by Crippen LogP contribution is -1.88. The molecule has 98 valence electrons. The van der Waals surface area contributed by atoms with Crippen molar-refractivity contribution in [3.05, 3.63) is 66.7 Å². The lowest BCUT2D eigenvalue weighted by molar-refractivity contribution is 1.75. The predicted molar refractivity (Wildman–Crippen MR) is 90.6 cm³/mol. The molecule has 20 heavy (non-hydrogen) atoms. The van der Waals surface area contributed by atoms with Crippen LogP contribution in [0.4, 0.5) is 5.69 Å². The highest BCUT2D eigenvalue weighted by Gasteiger charge is 2.06. The van der Waals surface area contributed by atoms with Gasteiger partial charge in [0.2, 0.25) is 0 Å². The third-order valence-corrected chi connectivity index (χ3v) is 3.78. The third kappa shape index (κ3) is 1.71. The Morgan fingerprint density at radius 1 is 0.550 bits per heavy atom. The molecule has 0 saturated carbocycles. The van der Waals surface area contributed by atoms with Gasteiger partial charge in [0.1, 0.15) is 0 Å². The Hall–Kier alpha value is -2.25. The predicted octanol–water partition coefficient (Wildman–Crippen LogP) is 5.15. The number of anilines is 1. The SMILES string of the molecule is Cl.Nc1cccc2ccc3ccc4ccccc4c3c12.